The number of aromatic nitrogens is 2. The van der Waals surface area contributed by atoms with Gasteiger partial charge in [-0.15, -0.1) is 0 Å². The van der Waals surface area contributed by atoms with Crippen molar-refractivity contribution in [3.63, 3.8) is 0 Å². The number of urea groups is 1. The lowest BCUT2D eigenvalue weighted by Gasteiger charge is -2.44. The van der Waals surface area contributed by atoms with E-state index in [0.29, 0.717) is 24.7 Å². The van der Waals surface area contributed by atoms with E-state index in [2.05, 4.69) is 69.3 Å². The molecule has 0 spiro atoms. The van der Waals surface area contributed by atoms with Gasteiger partial charge in [0, 0.05) is 38.3 Å². The first-order valence-electron chi connectivity index (χ1n) is 12.3. The summed E-state index contributed by atoms with van der Waals surface area (Å²) in [5.41, 5.74) is 1.69. The molecule has 2 aliphatic rings. The molecule has 2 aliphatic heterocycles. The predicted molar refractivity (Wildman–Crippen MR) is 132 cm³/mol. The number of nitriles is 1. The Morgan fingerprint density at radius 1 is 1.09 bits per heavy atom. The first-order chi connectivity index (χ1) is 16.5. The van der Waals surface area contributed by atoms with Gasteiger partial charge in [-0.2, -0.15) is 5.26 Å². The molecule has 1 N–H and O–H groups in total. The third kappa shape index (κ3) is 6.03. The number of carbonyl (C=O) groups is 1. The molecule has 1 aromatic carbocycles. The van der Waals surface area contributed by atoms with Gasteiger partial charge in [0.15, 0.2) is 5.69 Å². The second-order valence-electron chi connectivity index (χ2n) is 9.61. The Labute approximate surface area is 202 Å². The minimum Gasteiger partial charge on any atom is -0.351 e. The van der Waals surface area contributed by atoms with Gasteiger partial charge in [-0.05, 0) is 57.7 Å². The lowest BCUT2D eigenvalue weighted by atomic mass is 9.93. The molecule has 2 atom stereocenters. The molecule has 2 saturated heterocycles. The number of amides is 2. The maximum atomic E-state index is 13.0. The summed E-state index contributed by atoms with van der Waals surface area (Å²) in [6.07, 6.45) is 6.56. The number of hydrogen-bond donors (Lipinski definition) is 1. The fourth-order valence-electron chi connectivity index (χ4n) is 5.20. The van der Waals surface area contributed by atoms with Gasteiger partial charge in [0.2, 0.25) is 0 Å². The van der Waals surface area contributed by atoms with Crippen LogP contribution in [-0.2, 0) is 6.54 Å². The molecule has 3 heterocycles. The highest BCUT2D eigenvalue weighted by atomic mass is 16.2. The summed E-state index contributed by atoms with van der Waals surface area (Å²) in [6, 6.07) is 12.8. The van der Waals surface area contributed by atoms with Crippen molar-refractivity contribution in [3.8, 4) is 6.07 Å². The van der Waals surface area contributed by atoms with Crippen LogP contribution in [0.3, 0.4) is 0 Å². The molecule has 1 aromatic heterocycles. The highest BCUT2D eigenvalue weighted by molar-refractivity contribution is 5.75. The number of benzene rings is 1. The Hall–Kier alpha value is -3.18. The standard InChI is InChI=1S/C26H35N7O/c1-20-17-32(25-16-29-24(14-27)15-30-25)18-21(2)33(20)26(34)28-11-8-22-9-12-31(13-10-22)19-23-6-4-3-5-7-23/h3-7,15-16,20-22H,8-13,17-19H2,1-2H3,(H,28,34)/t20-,21+. The molecule has 8 nitrogen and oxygen atoms in total. The Morgan fingerprint density at radius 2 is 1.79 bits per heavy atom. The van der Waals surface area contributed by atoms with Gasteiger partial charge < -0.3 is 15.1 Å². The predicted octanol–water partition coefficient (Wildman–Crippen LogP) is 3.26. The zero-order valence-electron chi connectivity index (χ0n) is 20.2. The largest absolute Gasteiger partial charge is 0.351 e. The number of nitrogens with one attached hydrogen (secondary N) is 1. The van der Waals surface area contributed by atoms with Gasteiger partial charge >= 0.3 is 6.03 Å². The SMILES string of the molecule is C[C@@H]1CN(c2cnc(C#N)cn2)C[C@H](C)N1C(=O)NCCC1CCN(Cc2ccccc2)CC1. The maximum Gasteiger partial charge on any atom is 0.318 e. The Kier molecular flexibility index (Phi) is 7.96. The van der Waals surface area contributed by atoms with Crippen molar-refractivity contribution in [2.24, 2.45) is 5.92 Å². The highest BCUT2D eigenvalue weighted by Crippen LogP contribution is 2.23. The summed E-state index contributed by atoms with van der Waals surface area (Å²) in [5, 5.41) is 12.1. The number of nitrogens with zero attached hydrogens (tertiary/aromatic N) is 6. The van der Waals surface area contributed by atoms with Gasteiger partial charge in [0.1, 0.15) is 11.9 Å². The van der Waals surface area contributed by atoms with Crippen molar-refractivity contribution >= 4 is 11.8 Å². The average molecular weight is 462 g/mol. The normalized spacial score (nSPS) is 21.8. The van der Waals surface area contributed by atoms with Crippen LogP contribution in [0.4, 0.5) is 10.6 Å². The van der Waals surface area contributed by atoms with Crippen LogP contribution in [0.2, 0.25) is 0 Å². The second-order valence-corrected chi connectivity index (χ2v) is 9.61. The van der Waals surface area contributed by atoms with Crippen molar-refractivity contribution in [1.29, 1.82) is 5.26 Å². The molecule has 180 valence electrons. The van der Waals surface area contributed by atoms with Crippen molar-refractivity contribution in [3.05, 3.63) is 54.0 Å². The number of likely N-dealkylation sites (tertiary alicyclic amines) is 1. The van der Waals surface area contributed by atoms with Crippen LogP contribution in [0.1, 0.15) is 44.4 Å². The smallest absolute Gasteiger partial charge is 0.318 e. The Morgan fingerprint density at radius 3 is 2.41 bits per heavy atom. The lowest BCUT2D eigenvalue weighted by molar-refractivity contribution is 0.139. The van der Waals surface area contributed by atoms with Crippen LogP contribution in [-0.4, -0.2) is 70.6 Å². The van der Waals surface area contributed by atoms with E-state index in [9.17, 15) is 4.79 Å². The van der Waals surface area contributed by atoms with Crippen LogP contribution >= 0.6 is 0 Å². The zero-order valence-corrected chi connectivity index (χ0v) is 20.2. The number of carbonyl (C=O) groups excluding carboxylic acids is 1. The molecule has 2 amide bonds. The molecule has 0 unspecified atom stereocenters. The monoisotopic (exact) mass is 461 g/mol. The highest BCUT2D eigenvalue weighted by Gasteiger charge is 2.33. The summed E-state index contributed by atoms with van der Waals surface area (Å²) in [4.78, 5) is 28.1. The minimum atomic E-state index is 0.0204. The maximum absolute atomic E-state index is 13.0. The van der Waals surface area contributed by atoms with Crippen LogP contribution < -0.4 is 10.2 Å². The summed E-state index contributed by atoms with van der Waals surface area (Å²) >= 11 is 0. The number of piperazine rings is 1. The summed E-state index contributed by atoms with van der Waals surface area (Å²) < 4.78 is 0. The van der Waals surface area contributed by atoms with Crippen molar-refractivity contribution in [2.75, 3.05) is 37.6 Å². The fourth-order valence-corrected chi connectivity index (χ4v) is 5.20. The van der Waals surface area contributed by atoms with E-state index < -0.39 is 0 Å². The van der Waals surface area contributed by atoms with E-state index >= 15 is 0 Å². The average Bonchev–Trinajstić information content (AvgIpc) is 2.85. The molecule has 0 bridgehead atoms. The minimum absolute atomic E-state index is 0.0204. The van der Waals surface area contributed by atoms with Crippen molar-refractivity contribution in [2.45, 2.75) is 51.7 Å². The molecular formula is C26H35N7O. The van der Waals surface area contributed by atoms with Crippen LogP contribution in [0.25, 0.3) is 0 Å². The number of anilines is 1. The summed E-state index contributed by atoms with van der Waals surface area (Å²) in [7, 11) is 0. The third-order valence-electron chi connectivity index (χ3n) is 7.02. The quantitative estimate of drug-likeness (QED) is 0.710. The zero-order chi connectivity index (χ0) is 23.9. The molecular weight excluding hydrogens is 426 g/mol. The van der Waals surface area contributed by atoms with E-state index in [1.54, 1.807) is 6.20 Å². The Bertz CT molecular complexity index is 955. The van der Waals surface area contributed by atoms with E-state index in [-0.39, 0.29) is 18.1 Å². The van der Waals surface area contributed by atoms with Crippen LogP contribution in [0.15, 0.2) is 42.7 Å². The van der Waals surface area contributed by atoms with Gasteiger partial charge in [-0.25, -0.2) is 14.8 Å². The van der Waals surface area contributed by atoms with Crippen LogP contribution in [0.5, 0.6) is 0 Å². The van der Waals surface area contributed by atoms with E-state index in [0.717, 1.165) is 38.4 Å². The van der Waals surface area contributed by atoms with Gasteiger partial charge in [-0.1, -0.05) is 30.3 Å². The molecule has 2 aromatic rings. The molecule has 8 heteroatoms. The molecule has 0 radical (unpaired) electrons. The third-order valence-corrected chi connectivity index (χ3v) is 7.02. The second kappa shape index (κ2) is 11.3. The van der Waals surface area contributed by atoms with E-state index in [1.165, 1.54) is 24.6 Å². The van der Waals surface area contributed by atoms with Gasteiger partial charge in [0.25, 0.3) is 0 Å². The van der Waals surface area contributed by atoms with Crippen molar-refractivity contribution in [1.82, 2.24) is 25.1 Å². The number of piperidine rings is 1. The van der Waals surface area contributed by atoms with E-state index in [4.69, 9.17) is 5.26 Å². The van der Waals surface area contributed by atoms with Crippen LogP contribution in [0, 0.1) is 17.2 Å². The molecule has 0 saturated carbocycles. The number of hydrogen-bond acceptors (Lipinski definition) is 6. The first kappa shape index (κ1) is 24.0. The molecule has 2 fully saturated rings. The molecule has 34 heavy (non-hydrogen) atoms. The topological polar surface area (TPSA) is 88.4 Å². The summed E-state index contributed by atoms with van der Waals surface area (Å²) in [6.45, 7) is 9.53. The fraction of sp³-hybridized carbons (Fsp3) is 0.538. The molecule has 4 rings (SSSR count). The van der Waals surface area contributed by atoms with E-state index in [1.807, 2.05) is 11.0 Å². The molecule has 0 aliphatic carbocycles. The summed E-state index contributed by atoms with van der Waals surface area (Å²) in [5.74, 6) is 1.42. The number of rotatable bonds is 6. The van der Waals surface area contributed by atoms with Gasteiger partial charge in [-0.3, -0.25) is 4.90 Å². The first-order valence-corrected chi connectivity index (χ1v) is 12.3. The van der Waals surface area contributed by atoms with Crippen molar-refractivity contribution < 1.29 is 4.79 Å². The lowest BCUT2D eigenvalue weighted by Crippen LogP contribution is -2.61. The van der Waals surface area contributed by atoms with Gasteiger partial charge in [0.05, 0.1) is 12.4 Å². The Balaban J connectivity index is 1.19.